The molecule has 5 heteroatoms. The summed E-state index contributed by atoms with van der Waals surface area (Å²) in [5.41, 5.74) is 0. The summed E-state index contributed by atoms with van der Waals surface area (Å²) in [4.78, 5) is 13.9. The normalized spacial score (nSPS) is 14.8. The van der Waals surface area contributed by atoms with Crippen molar-refractivity contribution in [1.82, 2.24) is 19.9 Å². The van der Waals surface area contributed by atoms with Crippen molar-refractivity contribution in [2.24, 2.45) is 0 Å². The molecular weight excluding hydrogens is 220 g/mol. The van der Waals surface area contributed by atoms with Crippen LogP contribution in [0.5, 0.6) is 0 Å². The summed E-state index contributed by atoms with van der Waals surface area (Å²) in [7, 11) is 0. The van der Waals surface area contributed by atoms with Gasteiger partial charge in [-0.25, -0.2) is 15.0 Å². The largest absolute Gasteiger partial charge is 0.342 e. The Balaban J connectivity index is 2.56. The lowest BCUT2D eigenvalue weighted by Gasteiger charge is -1.93. The minimum absolute atomic E-state index is 0.0832. The van der Waals surface area contributed by atoms with E-state index in [2.05, 4.69) is 35.9 Å². The zero-order chi connectivity index (χ0) is 11.9. The maximum absolute atomic E-state index is 7.41. The molecule has 2 rings (SSSR count). The van der Waals surface area contributed by atoms with Crippen molar-refractivity contribution in [3.63, 3.8) is 0 Å². The van der Waals surface area contributed by atoms with Crippen LogP contribution >= 0.6 is 15.9 Å². The Hall–Kier alpha value is -1.23. The van der Waals surface area contributed by atoms with Gasteiger partial charge in [-0.2, -0.15) is 0 Å². The fourth-order valence-corrected chi connectivity index (χ4v) is 0.940. The third-order valence-electron chi connectivity index (χ3n) is 1.14. The van der Waals surface area contributed by atoms with E-state index in [1.165, 1.54) is 0 Å². The fourth-order valence-electron chi connectivity index (χ4n) is 0.684. The van der Waals surface area contributed by atoms with Gasteiger partial charge < -0.3 is 4.98 Å². The lowest BCUT2D eigenvalue weighted by atomic mass is 10.5. The molecule has 0 radical (unpaired) electrons. The molecular formula is C7H5BrN4. The van der Waals surface area contributed by atoms with Gasteiger partial charge in [0.05, 0.1) is 5.48 Å². The van der Waals surface area contributed by atoms with Crippen molar-refractivity contribution in [1.29, 1.82) is 0 Å². The first-order valence-corrected chi connectivity index (χ1v) is 3.82. The Morgan fingerprint density at radius 2 is 2.33 bits per heavy atom. The predicted molar refractivity (Wildman–Crippen MR) is 47.3 cm³/mol. The summed E-state index contributed by atoms with van der Waals surface area (Å²) < 4.78 is 29.5. The summed E-state index contributed by atoms with van der Waals surface area (Å²) in [6.07, 6.45) is -0.598. The highest BCUT2D eigenvalue weighted by Gasteiger charge is 2.01. The van der Waals surface area contributed by atoms with Crippen molar-refractivity contribution in [2.75, 3.05) is 0 Å². The minimum Gasteiger partial charge on any atom is -0.342 e. The number of aromatic nitrogens is 4. The van der Waals surface area contributed by atoms with Crippen LogP contribution in [-0.2, 0) is 0 Å². The van der Waals surface area contributed by atoms with Gasteiger partial charge in [0.1, 0.15) is 4.60 Å². The number of H-pyrrole nitrogens is 1. The predicted octanol–water partition coefficient (Wildman–Crippen LogP) is 1.63. The number of halogens is 1. The molecule has 0 saturated carbocycles. The molecule has 4 nitrogen and oxygen atoms in total. The number of rotatable bonds is 1. The van der Waals surface area contributed by atoms with Crippen molar-refractivity contribution in [2.45, 2.75) is 0 Å². The molecule has 0 bridgehead atoms. The van der Waals surface area contributed by atoms with Crippen LogP contribution < -0.4 is 0 Å². The van der Waals surface area contributed by atoms with E-state index in [9.17, 15) is 0 Å². The van der Waals surface area contributed by atoms with Crippen LogP contribution in [0.3, 0.4) is 0 Å². The summed E-state index contributed by atoms with van der Waals surface area (Å²) in [6.45, 7) is 0. The van der Waals surface area contributed by atoms with E-state index >= 15 is 0 Å². The Kier molecular flexibility index (Phi) is 1.04. The van der Waals surface area contributed by atoms with Crippen LogP contribution in [0.15, 0.2) is 29.2 Å². The molecule has 0 saturated heterocycles. The van der Waals surface area contributed by atoms with Crippen molar-refractivity contribution < 1.29 is 5.48 Å². The number of nitrogens with one attached hydrogen (secondary N) is 1. The lowest BCUT2D eigenvalue weighted by molar-refractivity contribution is 1.10. The average Bonchev–Trinajstić information content (AvgIpc) is 2.55. The number of nitrogens with zero attached hydrogens (tertiary/aromatic N) is 3. The summed E-state index contributed by atoms with van der Waals surface area (Å²) >= 11 is 3.03. The second-order valence-electron chi connectivity index (χ2n) is 1.90. The van der Waals surface area contributed by atoms with Crippen LogP contribution in [0, 0.1) is 0 Å². The standard InChI is InChI=1S/C7H5BrN4/c8-5-1-2-9-7(12-5)6-10-3-4-11-6/h1-4H,(H,10,11)/i1D,2D,3D,4D. The Bertz CT molecular complexity index is 513. The van der Waals surface area contributed by atoms with E-state index < -0.39 is 0 Å². The van der Waals surface area contributed by atoms with E-state index in [0.717, 1.165) is 0 Å². The van der Waals surface area contributed by atoms with E-state index in [0.29, 0.717) is 0 Å². The van der Waals surface area contributed by atoms with Gasteiger partial charge in [-0.1, -0.05) is 0 Å². The fraction of sp³-hybridized carbons (Fsp3) is 0. The molecule has 0 fully saturated rings. The summed E-state index contributed by atoms with van der Waals surface area (Å²) in [6, 6.07) is -0.118. The lowest BCUT2D eigenvalue weighted by Crippen LogP contribution is -1.89. The van der Waals surface area contributed by atoms with E-state index in [4.69, 9.17) is 5.48 Å². The van der Waals surface area contributed by atoms with Gasteiger partial charge in [0.15, 0.2) is 11.6 Å². The van der Waals surface area contributed by atoms with Crippen LogP contribution in [0.2, 0.25) is 0 Å². The first-order valence-electron chi connectivity index (χ1n) is 5.03. The molecule has 0 aliphatic heterocycles. The van der Waals surface area contributed by atoms with E-state index in [1.54, 1.807) is 0 Å². The summed E-state index contributed by atoms with van der Waals surface area (Å²) in [5.74, 6) is 0.226. The number of hydrogen-bond donors (Lipinski definition) is 1. The molecule has 0 aliphatic rings. The number of aromatic amines is 1. The van der Waals surface area contributed by atoms with Gasteiger partial charge in [-0.3, -0.25) is 0 Å². The molecule has 0 atom stereocenters. The highest BCUT2D eigenvalue weighted by atomic mass is 79.9. The minimum atomic E-state index is -0.244. The molecule has 1 N–H and O–H groups in total. The Morgan fingerprint density at radius 3 is 3.00 bits per heavy atom. The zero-order valence-corrected chi connectivity index (χ0v) is 7.31. The van der Waals surface area contributed by atoms with Crippen molar-refractivity contribution >= 4 is 15.9 Å². The third kappa shape index (κ3) is 1.35. The smallest absolute Gasteiger partial charge is 0.196 e. The van der Waals surface area contributed by atoms with E-state index in [1.807, 2.05) is 0 Å². The second-order valence-corrected chi connectivity index (χ2v) is 2.65. The number of imidazole rings is 1. The third-order valence-corrected chi connectivity index (χ3v) is 1.52. The van der Waals surface area contributed by atoms with Crippen LogP contribution in [0.25, 0.3) is 11.6 Å². The Labute approximate surface area is 82.8 Å². The molecule has 0 amide bonds. The molecule has 2 aromatic rings. The maximum atomic E-state index is 7.41. The monoisotopic (exact) mass is 228 g/mol. The molecule has 60 valence electrons. The zero-order valence-electron chi connectivity index (χ0n) is 9.72. The van der Waals surface area contributed by atoms with Gasteiger partial charge in [0, 0.05) is 18.5 Å². The Morgan fingerprint density at radius 1 is 1.42 bits per heavy atom. The second kappa shape index (κ2) is 3.02. The first-order chi connectivity index (χ1) is 7.49. The van der Waals surface area contributed by atoms with Gasteiger partial charge >= 0.3 is 0 Å². The quantitative estimate of drug-likeness (QED) is 0.756. The SMILES string of the molecule is [2H]c1nc(-c2nc([2H])c([2H])c(Br)n2)[nH]c1[2H]. The van der Waals surface area contributed by atoms with Crippen LogP contribution in [0.4, 0.5) is 0 Å². The topological polar surface area (TPSA) is 54.5 Å². The van der Waals surface area contributed by atoms with Gasteiger partial charge in [-0.05, 0) is 22.0 Å². The highest BCUT2D eigenvalue weighted by molar-refractivity contribution is 9.10. The molecule has 12 heavy (non-hydrogen) atoms. The molecule has 2 heterocycles. The average molecular weight is 229 g/mol. The summed E-state index contributed by atoms with van der Waals surface area (Å²) in [5, 5.41) is 0. The molecule has 0 aromatic carbocycles. The van der Waals surface area contributed by atoms with E-state index in [-0.39, 0.29) is 40.8 Å². The first kappa shape index (κ1) is 4.13. The van der Waals surface area contributed by atoms with Crippen molar-refractivity contribution in [3.8, 4) is 11.6 Å². The molecule has 0 spiro atoms. The molecule has 0 unspecified atom stereocenters. The maximum Gasteiger partial charge on any atom is 0.196 e. The molecule has 2 aromatic heterocycles. The molecule has 0 aliphatic carbocycles. The van der Waals surface area contributed by atoms with Crippen LogP contribution in [-0.4, -0.2) is 19.9 Å². The van der Waals surface area contributed by atoms with Crippen molar-refractivity contribution in [3.05, 3.63) is 29.2 Å². The van der Waals surface area contributed by atoms with Gasteiger partial charge in [-0.15, -0.1) is 0 Å². The van der Waals surface area contributed by atoms with Gasteiger partial charge in [0.2, 0.25) is 0 Å². The highest BCUT2D eigenvalue weighted by Crippen LogP contribution is 2.10. The number of hydrogen-bond acceptors (Lipinski definition) is 3. The van der Waals surface area contributed by atoms with Gasteiger partial charge in [0.25, 0.3) is 0 Å². The van der Waals surface area contributed by atoms with Crippen LogP contribution in [0.1, 0.15) is 5.48 Å².